The molecule has 0 unspecified atom stereocenters. The van der Waals surface area contributed by atoms with Crippen molar-refractivity contribution in [2.45, 2.75) is 13.0 Å². The lowest BCUT2D eigenvalue weighted by atomic mass is 10.2. The van der Waals surface area contributed by atoms with Gasteiger partial charge in [0.05, 0.1) is 5.02 Å². The lowest BCUT2D eigenvalue weighted by molar-refractivity contribution is -0.128. The highest BCUT2D eigenvalue weighted by Crippen LogP contribution is 2.36. The fourth-order valence-electron chi connectivity index (χ4n) is 2.25. The molecule has 2 amide bonds. The fourth-order valence-corrected chi connectivity index (χ4v) is 3.93. The van der Waals surface area contributed by atoms with Crippen LogP contribution in [0.3, 0.4) is 0 Å². The highest BCUT2D eigenvalue weighted by Gasteiger charge is 2.20. The maximum absolute atomic E-state index is 13.6. The predicted octanol–water partition coefficient (Wildman–Crippen LogP) is 4.58. The van der Waals surface area contributed by atoms with E-state index in [1.807, 2.05) is 0 Å². The van der Waals surface area contributed by atoms with Crippen LogP contribution in [-0.2, 0) is 4.79 Å². The number of thiophene rings is 1. The molecule has 0 saturated heterocycles. The third kappa shape index (κ3) is 4.32. The molecule has 3 rings (SSSR count). The summed E-state index contributed by atoms with van der Waals surface area (Å²) in [6, 6.07) is 10.8. The molecule has 0 saturated carbocycles. The Labute approximate surface area is 168 Å². The molecule has 0 aliphatic carbocycles. The van der Waals surface area contributed by atoms with Crippen LogP contribution in [0.5, 0.6) is 5.75 Å². The molecule has 0 radical (unpaired) electrons. The summed E-state index contributed by atoms with van der Waals surface area (Å²) in [5, 5.41) is 1.49. The lowest BCUT2D eigenvalue weighted by Crippen LogP contribution is -2.47. The standard InChI is InChI=1S/C18H13Cl2FN2O3S/c1-9(26-13-5-3-2-4-12(13)21)17(24)22-23-18(25)16-15(20)11-7-6-10(19)8-14(11)27-16/h2-9H,1H3,(H,22,24)(H,23,25)/t9-/m1/s1. The van der Waals surface area contributed by atoms with Crippen molar-refractivity contribution in [1.29, 1.82) is 0 Å². The second kappa shape index (κ2) is 8.12. The lowest BCUT2D eigenvalue weighted by Gasteiger charge is -2.15. The fraction of sp³-hybridized carbons (Fsp3) is 0.111. The van der Waals surface area contributed by atoms with Gasteiger partial charge in [-0.15, -0.1) is 11.3 Å². The minimum atomic E-state index is -1.03. The van der Waals surface area contributed by atoms with Crippen LogP contribution in [0.25, 0.3) is 10.1 Å². The summed E-state index contributed by atoms with van der Waals surface area (Å²) in [6.07, 6.45) is -1.03. The van der Waals surface area contributed by atoms with Crippen LogP contribution < -0.4 is 15.6 Å². The van der Waals surface area contributed by atoms with Crippen molar-refractivity contribution >= 4 is 56.4 Å². The second-order valence-electron chi connectivity index (χ2n) is 5.52. The molecule has 1 heterocycles. The molecule has 3 aromatic rings. The summed E-state index contributed by atoms with van der Waals surface area (Å²) < 4.78 is 19.6. The van der Waals surface area contributed by atoms with Crippen LogP contribution in [0.15, 0.2) is 42.5 Å². The number of carbonyl (C=O) groups excluding carboxylic acids is 2. The minimum Gasteiger partial charge on any atom is -0.478 e. The largest absolute Gasteiger partial charge is 0.478 e. The Bertz CT molecular complexity index is 1030. The third-order valence-electron chi connectivity index (χ3n) is 3.61. The van der Waals surface area contributed by atoms with Crippen molar-refractivity contribution in [3.05, 3.63) is 63.2 Å². The number of rotatable bonds is 4. The Kier molecular flexibility index (Phi) is 5.84. The van der Waals surface area contributed by atoms with Gasteiger partial charge in [0.15, 0.2) is 17.7 Å². The number of carbonyl (C=O) groups is 2. The van der Waals surface area contributed by atoms with Gasteiger partial charge in [0.1, 0.15) is 4.88 Å². The van der Waals surface area contributed by atoms with Crippen LogP contribution in [0, 0.1) is 5.82 Å². The van der Waals surface area contributed by atoms with E-state index in [0.29, 0.717) is 10.4 Å². The quantitative estimate of drug-likeness (QED) is 0.600. The van der Waals surface area contributed by atoms with Crippen molar-refractivity contribution in [1.82, 2.24) is 10.9 Å². The average molecular weight is 427 g/mol. The highest BCUT2D eigenvalue weighted by atomic mass is 35.5. The topological polar surface area (TPSA) is 67.4 Å². The van der Waals surface area contributed by atoms with Gasteiger partial charge < -0.3 is 4.74 Å². The van der Waals surface area contributed by atoms with E-state index in [2.05, 4.69) is 10.9 Å². The Morgan fingerprint density at radius 3 is 2.63 bits per heavy atom. The average Bonchev–Trinajstić information content (AvgIpc) is 2.97. The van der Waals surface area contributed by atoms with Gasteiger partial charge >= 0.3 is 0 Å². The molecule has 0 aliphatic rings. The van der Waals surface area contributed by atoms with Gasteiger partial charge in [0.2, 0.25) is 0 Å². The van der Waals surface area contributed by atoms with E-state index in [9.17, 15) is 14.0 Å². The molecule has 1 atom stereocenters. The zero-order chi connectivity index (χ0) is 19.6. The van der Waals surface area contributed by atoms with E-state index < -0.39 is 23.7 Å². The van der Waals surface area contributed by atoms with Crippen molar-refractivity contribution < 1.29 is 18.7 Å². The number of nitrogens with one attached hydrogen (secondary N) is 2. The maximum atomic E-state index is 13.6. The molecule has 5 nitrogen and oxygen atoms in total. The first kappa shape index (κ1) is 19.4. The number of ether oxygens (including phenoxy) is 1. The number of hydrazine groups is 1. The van der Waals surface area contributed by atoms with Crippen molar-refractivity contribution in [3.63, 3.8) is 0 Å². The zero-order valence-corrected chi connectivity index (χ0v) is 16.2. The first-order valence-electron chi connectivity index (χ1n) is 7.75. The van der Waals surface area contributed by atoms with Gasteiger partial charge in [-0.3, -0.25) is 20.4 Å². The SMILES string of the molecule is C[C@@H](Oc1ccccc1F)C(=O)NNC(=O)c1sc2cc(Cl)ccc2c1Cl. The number of halogens is 3. The van der Waals surface area contributed by atoms with Crippen LogP contribution in [0.1, 0.15) is 16.6 Å². The molecule has 9 heteroatoms. The Balaban J connectivity index is 1.64. The summed E-state index contributed by atoms with van der Waals surface area (Å²) in [4.78, 5) is 24.6. The second-order valence-corrected chi connectivity index (χ2v) is 7.39. The third-order valence-corrected chi connectivity index (χ3v) is 5.50. The molecule has 140 valence electrons. The van der Waals surface area contributed by atoms with Gasteiger partial charge in [0.25, 0.3) is 11.8 Å². The maximum Gasteiger partial charge on any atom is 0.281 e. The summed E-state index contributed by atoms with van der Waals surface area (Å²) in [5.41, 5.74) is 4.52. The highest BCUT2D eigenvalue weighted by molar-refractivity contribution is 7.21. The van der Waals surface area contributed by atoms with Gasteiger partial charge in [-0.25, -0.2) is 4.39 Å². The Hall–Kier alpha value is -2.35. The van der Waals surface area contributed by atoms with E-state index >= 15 is 0 Å². The number of hydrogen-bond donors (Lipinski definition) is 2. The van der Waals surface area contributed by atoms with Gasteiger partial charge in [0, 0.05) is 15.1 Å². The zero-order valence-electron chi connectivity index (χ0n) is 13.9. The Morgan fingerprint density at radius 1 is 1.15 bits per heavy atom. The molecular formula is C18H13Cl2FN2O3S. The van der Waals surface area contributed by atoms with Gasteiger partial charge in [-0.05, 0) is 31.2 Å². The Morgan fingerprint density at radius 2 is 1.89 bits per heavy atom. The van der Waals surface area contributed by atoms with Crippen LogP contribution in [0.2, 0.25) is 10.0 Å². The van der Waals surface area contributed by atoms with E-state index in [4.69, 9.17) is 27.9 Å². The summed E-state index contributed by atoms with van der Waals surface area (Å²) in [5.74, 6) is -1.87. The molecule has 0 bridgehead atoms. The predicted molar refractivity (Wildman–Crippen MR) is 104 cm³/mol. The van der Waals surface area contributed by atoms with E-state index in [1.54, 1.807) is 24.3 Å². The summed E-state index contributed by atoms with van der Waals surface area (Å²) in [6.45, 7) is 1.43. The minimum absolute atomic E-state index is 0.0593. The first-order valence-corrected chi connectivity index (χ1v) is 9.33. The van der Waals surface area contributed by atoms with Crippen LogP contribution in [0.4, 0.5) is 4.39 Å². The molecular weight excluding hydrogens is 414 g/mol. The molecule has 2 N–H and O–H groups in total. The smallest absolute Gasteiger partial charge is 0.281 e. The number of amides is 2. The molecule has 1 aromatic heterocycles. The molecule has 27 heavy (non-hydrogen) atoms. The van der Waals surface area contributed by atoms with Gasteiger partial charge in [-0.1, -0.05) is 41.4 Å². The van der Waals surface area contributed by atoms with Crippen LogP contribution in [-0.4, -0.2) is 17.9 Å². The first-order chi connectivity index (χ1) is 12.9. The number of fused-ring (bicyclic) bond motifs is 1. The monoisotopic (exact) mass is 426 g/mol. The van der Waals surface area contributed by atoms with Gasteiger partial charge in [-0.2, -0.15) is 0 Å². The van der Waals surface area contributed by atoms with Crippen molar-refractivity contribution in [2.24, 2.45) is 0 Å². The molecule has 2 aromatic carbocycles. The molecule has 0 aliphatic heterocycles. The summed E-state index contributed by atoms with van der Waals surface area (Å²) in [7, 11) is 0. The normalized spacial score (nSPS) is 11.9. The molecule has 0 fully saturated rings. The van der Waals surface area contributed by atoms with Crippen molar-refractivity contribution in [3.8, 4) is 5.75 Å². The van der Waals surface area contributed by atoms with E-state index in [0.717, 1.165) is 16.0 Å². The van der Waals surface area contributed by atoms with Crippen LogP contribution >= 0.6 is 34.5 Å². The van der Waals surface area contributed by atoms with E-state index in [-0.39, 0.29) is 15.6 Å². The number of hydrogen-bond acceptors (Lipinski definition) is 4. The molecule has 0 spiro atoms. The number of benzene rings is 2. The summed E-state index contributed by atoms with van der Waals surface area (Å²) >= 11 is 13.3. The van der Waals surface area contributed by atoms with Crippen molar-refractivity contribution in [2.75, 3.05) is 0 Å². The number of para-hydroxylation sites is 1. The van der Waals surface area contributed by atoms with E-state index in [1.165, 1.54) is 25.1 Å².